The first-order chi connectivity index (χ1) is 12.3. The van der Waals surface area contributed by atoms with Crippen molar-refractivity contribution in [2.75, 3.05) is 7.11 Å². The fourth-order valence-electron chi connectivity index (χ4n) is 2.64. The Morgan fingerprint density at radius 3 is 2.04 bits per heavy atom. The molecule has 0 bridgehead atoms. The van der Waals surface area contributed by atoms with Gasteiger partial charge in [-0.1, -0.05) is 29.3 Å². The van der Waals surface area contributed by atoms with E-state index in [1.54, 1.807) is 50.4 Å². The van der Waals surface area contributed by atoms with E-state index < -0.39 is 24.0 Å². The van der Waals surface area contributed by atoms with Crippen molar-refractivity contribution in [3.05, 3.63) is 59.2 Å². The molecule has 6 heteroatoms. The molecule has 0 aliphatic rings. The number of rotatable bonds is 7. The Balaban J connectivity index is 2.09. The summed E-state index contributed by atoms with van der Waals surface area (Å²) in [5, 5.41) is 12.1. The van der Waals surface area contributed by atoms with Gasteiger partial charge in [0.2, 0.25) is 0 Å². The molecule has 138 valence electrons. The molecule has 1 amide bonds. The van der Waals surface area contributed by atoms with E-state index in [2.05, 4.69) is 5.32 Å². The highest BCUT2D eigenvalue weighted by molar-refractivity contribution is 5.87. The molecular formula is C20H23NO5. The summed E-state index contributed by atoms with van der Waals surface area (Å²) < 4.78 is 10.6. The molecule has 0 aliphatic carbocycles. The van der Waals surface area contributed by atoms with Crippen molar-refractivity contribution in [1.82, 2.24) is 5.32 Å². The van der Waals surface area contributed by atoms with Crippen molar-refractivity contribution in [2.24, 2.45) is 0 Å². The van der Waals surface area contributed by atoms with Crippen molar-refractivity contribution < 1.29 is 24.2 Å². The Hall–Kier alpha value is -3.02. The molecule has 2 aromatic rings. The Kier molecular flexibility index (Phi) is 6.22. The maximum atomic E-state index is 12.4. The minimum Gasteiger partial charge on any atom is -0.497 e. The lowest BCUT2D eigenvalue weighted by atomic mass is 10.0. The average Bonchev–Trinajstić information content (AvgIpc) is 2.58. The number of aliphatic carboxylic acids is 1. The van der Waals surface area contributed by atoms with E-state index in [0.29, 0.717) is 17.1 Å². The van der Waals surface area contributed by atoms with Crippen molar-refractivity contribution in [2.45, 2.75) is 32.9 Å². The van der Waals surface area contributed by atoms with Gasteiger partial charge in [0.15, 0.2) is 12.1 Å². The molecule has 0 heterocycles. The number of carboxylic acids is 1. The van der Waals surface area contributed by atoms with Gasteiger partial charge in [0.05, 0.1) is 7.11 Å². The maximum Gasteiger partial charge on any atom is 0.330 e. The van der Waals surface area contributed by atoms with Crippen molar-refractivity contribution in [1.29, 1.82) is 0 Å². The van der Waals surface area contributed by atoms with Crippen LogP contribution in [0.5, 0.6) is 11.5 Å². The van der Waals surface area contributed by atoms with E-state index in [-0.39, 0.29) is 0 Å². The molecule has 0 saturated carbocycles. The molecule has 0 aromatic heterocycles. The topological polar surface area (TPSA) is 84.9 Å². The summed E-state index contributed by atoms with van der Waals surface area (Å²) in [6, 6.07) is 11.1. The molecule has 26 heavy (non-hydrogen) atoms. The van der Waals surface area contributed by atoms with E-state index in [1.807, 2.05) is 19.9 Å². The third kappa shape index (κ3) is 4.99. The van der Waals surface area contributed by atoms with Gasteiger partial charge >= 0.3 is 5.97 Å². The van der Waals surface area contributed by atoms with Crippen LogP contribution in [0.25, 0.3) is 0 Å². The molecule has 0 spiro atoms. The van der Waals surface area contributed by atoms with Gasteiger partial charge in [-0.25, -0.2) is 4.79 Å². The number of aryl methyl sites for hydroxylation is 2. The zero-order chi connectivity index (χ0) is 19.3. The number of carbonyl (C=O) groups excluding carboxylic acids is 1. The van der Waals surface area contributed by atoms with E-state index in [4.69, 9.17) is 9.47 Å². The number of hydrogen-bond acceptors (Lipinski definition) is 4. The monoisotopic (exact) mass is 357 g/mol. The smallest absolute Gasteiger partial charge is 0.330 e. The van der Waals surface area contributed by atoms with Gasteiger partial charge in [-0.3, -0.25) is 4.79 Å². The Labute approximate surface area is 152 Å². The Morgan fingerprint density at radius 2 is 1.54 bits per heavy atom. The third-order valence-electron chi connectivity index (χ3n) is 3.85. The molecule has 2 rings (SSSR count). The largest absolute Gasteiger partial charge is 0.497 e. The van der Waals surface area contributed by atoms with Crippen LogP contribution < -0.4 is 14.8 Å². The fraction of sp³-hybridized carbons (Fsp3) is 0.300. The minimum atomic E-state index is -1.14. The summed E-state index contributed by atoms with van der Waals surface area (Å²) in [7, 11) is 1.56. The van der Waals surface area contributed by atoms with Crippen LogP contribution >= 0.6 is 0 Å². The van der Waals surface area contributed by atoms with Gasteiger partial charge in [0.25, 0.3) is 5.91 Å². The molecule has 2 aromatic carbocycles. The number of carboxylic acid groups (broad SMARTS) is 1. The molecule has 0 aliphatic heterocycles. The summed E-state index contributed by atoms with van der Waals surface area (Å²) in [6.07, 6.45) is -0.851. The highest BCUT2D eigenvalue weighted by Crippen LogP contribution is 2.20. The molecule has 2 N–H and O–H groups in total. The van der Waals surface area contributed by atoms with Gasteiger partial charge in [0.1, 0.15) is 11.5 Å². The first kappa shape index (κ1) is 19.3. The summed E-state index contributed by atoms with van der Waals surface area (Å²) in [6.45, 7) is 5.33. The zero-order valence-electron chi connectivity index (χ0n) is 15.3. The highest BCUT2D eigenvalue weighted by atomic mass is 16.5. The lowest BCUT2D eigenvalue weighted by Crippen LogP contribution is -2.41. The summed E-state index contributed by atoms with van der Waals surface area (Å²) in [5.74, 6) is -0.464. The lowest BCUT2D eigenvalue weighted by molar-refractivity contribution is -0.143. The predicted molar refractivity (Wildman–Crippen MR) is 97.5 cm³/mol. The van der Waals surface area contributed by atoms with E-state index >= 15 is 0 Å². The fourth-order valence-corrected chi connectivity index (χ4v) is 2.64. The summed E-state index contributed by atoms with van der Waals surface area (Å²) in [4.78, 5) is 24.0. The van der Waals surface area contributed by atoms with Gasteiger partial charge in [-0.2, -0.15) is 0 Å². The van der Waals surface area contributed by atoms with E-state index in [9.17, 15) is 14.7 Å². The number of benzene rings is 2. The molecule has 2 unspecified atom stereocenters. The van der Waals surface area contributed by atoms with Gasteiger partial charge in [0, 0.05) is 0 Å². The lowest BCUT2D eigenvalue weighted by Gasteiger charge is -2.20. The molecule has 6 nitrogen and oxygen atoms in total. The van der Waals surface area contributed by atoms with Crippen LogP contribution in [-0.4, -0.2) is 30.2 Å². The average molecular weight is 357 g/mol. The second kappa shape index (κ2) is 8.38. The van der Waals surface area contributed by atoms with Crippen molar-refractivity contribution in [3.8, 4) is 11.5 Å². The van der Waals surface area contributed by atoms with Crippen molar-refractivity contribution >= 4 is 11.9 Å². The van der Waals surface area contributed by atoms with Gasteiger partial charge in [-0.05, 0) is 50.6 Å². The van der Waals surface area contributed by atoms with Crippen molar-refractivity contribution in [3.63, 3.8) is 0 Å². The van der Waals surface area contributed by atoms with Crippen LogP contribution in [0.15, 0.2) is 42.5 Å². The minimum absolute atomic E-state index is 0.492. The number of carbonyl (C=O) groups is 2. The first-order valence-corrected chi connectivity index (χ1v) is 8.22. The standard InChI is InChI=1S/C20H23NO5/c1-12-9-13(2)11-15(10-12)18(20(23)24)21-19(22)14(3)26-17-7-5-16(25-4)6-8-17/h5-11,14,18H,1-4H3,(H,21,22)(H,23,24). The Morgan fingerprint density at radius 1 is 1.00 bits per heavy atom. The first-order valence-electron chi connectivity index (χ1n) is 8.22. The Bertz CT molecular complexity index is 765. The quantitative estimate of drug-likeness (QED) is 0.796. The molecule has 0 saturated heterocycles. The van der Waals surface area contributed by atoms with Crippen LogP contribution in [0.2, 0.25) is 0 Å². The SMILES string of the molecule is COc1ccc(OC(C)C(=O)NC(C(=O)O)c2cc(C)cc(C)c2)cc1. The van der Waals surface area contributed by atoms with Crippen LogP contribution in [0.1, 0.15) is 29.7 Å². The molecule has 0 fully saturated rings. The van der Waals surface area contributed by atoms with Gasteiger partial charge in [-0.15, -0.1) is 0 Å². The van der Waals surface area contributed by atoms with Crippen LogP contribution in [0, 0.1) is 13.8 Å². The van der Waals surface area contributed by atoms with E-state index in [1.165, 1.54) is 0 Å². The second-order valence-electron chi connectivity index (χ2n) is 6.14. The third-order valence-corrected chi connectivity index (χ3v) is 3.85. The molecule has 0 radical (unpaired) electrons. The highest BCUT2D eigenvalue weighted by Gasteiger charge is 2.25. The number of amides is 1. The molecular weight excluding hydrogens is 334 g/mol. The number of nitrogens with one attached hydrogen (secondary N) is 1. The summed E-state index contributed by atoms with van der Waals surface area (Å²) >= 11 is 0. The van der Waals surface area contributed by atoms with E-state index in [0.717, 1.165) is 11.1 Å². The van der Waals surface area contributed by atoms with Crippen LogP contribution in [0.3, 0.4) is 0 Å². The second-order valence-corrected chi connectivity index (χ2v) is 6.14. The molecule has 2 atom stereocenters. The number of ether oxygens (including phenoxy) is 2. The number of methoxy groups -OCH3 is 1. The zero-order valence-corrected chi connectivity index (χ0v) is 15.3. The van der Waals surface area contributed by atoms with Crippen LogP contribution in [-0.2, 0) is 9.59 Å². The van der Waals surface area contributed by atoms with Crippen LogP contribution in [0.4, 0.5) is 0 Å². The van der Waals surface area contributed by atoms with Gasteiger partial charge < -0.3 is 19.9 Å². The maximum absolute atomic E-state index is 12.4. The summed E-state index contributed by atoms with van der Waals surface area (Å²) in [5.41, 5.74) is 2.39. The predicted octanol–water partition coefficient (Wildman–Crippen LogP) is 3.02. The normalized spacial score (nSPS) is 12.8. The number of hydrogen-bond donors (Lipinski definition) is 2.